The van der Waals surface area contributed by atoms with Gasteiger partial charge < -0.3 is 5.11 Å². The van der Waals surface area contributed by atoms with Crippen molar-refractivity contribution in [3.63, 3.8) is 0 Å². The first-order valence-electron chi connectivity index (χ1n) is 4.63. The van der Waals surface area contributed by atoms with E-state index < -0.39 is 16.6 Å². The van der Waals surface area contributed by atoms with Crippen LogP contribution in [0.15, 0.2) is 34.6 Å². The molecule has 0 saturated carbocycles. The van der Waals surface area contributed by atoms with Gasteiger partial charge in [0.1, 0.15) is 11.9 Å². The van der Waals surface area contributed by atoms with Gasteiger partial charge in [-0.25, -0.2) is 9.78 Å². The Hall–Kier alpha value is -2.42. The highest BCUT2D eigenvalue weighted by atomic mass is 32.2. The van der Waals surface area contributed by atoms with Crippen LogP contribution >= 0.6 is 11.8 Å². The summed E-state index contributed by atoms with van der Waals surface area (Å²) in [7, 11) is 0. The Labute approximate surface area is 104 Å². The summed E-state index contributed by atoms with van der Waals surface area (Å²) in [5, 5.41) is 26.3. The first-order valence-corrected chi connectivity index (χ1v) is 5.44. The van der Waals surface area contributed by atoms with Crippen molar-refractivity contribution in [3.05, 3.63) is 40.2 Å². The molecule has 1 aromatic carbocycles. The summed E-state index contributed by atoms with van der Waals surface area (Å²) < 4.78 is 0. The fraction of sp³-hybridized carbons (Fsp3) is 0. The number of carbonyl (C=O) groups is 1. The number of nitrogens with one attached hydrogen (secondary N) is 1. The smallest absolute Gasteiger partial charge is 0.342 e. The summed E-state index contributed by atoms with van der Waals surface area (Å²) in [4.78, 5) is 25.2. The van der Waals surface area contributed by atoms with Crippen molar-refractivity contribution in [2.45, 2.75) is 10.1 Å². The zero-order chi connectivity index (χ0) is 13.1. The van der Waals surface area contributed by atoms with Gasteiger partial charge in [0.05, 0.1) is 4.92 Å². The number of nitro groups is 1. The zero-order valence-corrected chi connectivity index (χ0v) is 9.55. The van der Waals surface area contributed by atoms with E-state index in [1.165, 1.54) is 18.5 Å². The van der Waals surface area contributed by atoms with Gasteiger partial charge in [-0.2, -0.15) is 5.10 Å². The molecule has 1 heterocycles. The maximum Gasteiger partial charge on any atom is 0.342 e. The summed E-state index contributed by atoms with van der Waals surface area (Å²) in [6.45, 7) is 0. The van der Waals surface area contributed by atoms with Crippen molar-refractivity contribution in [1.29, 1.82) is 0 Å². The average molecular weight is 266 g/mol. The Bertz CT molecular complexity index is 599. The van der Waals surface area contributed by atoms with E-state index in [0.29, 0.717) is 10.1 Å². The number of carboxylic acid groups (broad SMARTS) is 1. The molecule has 18 heavy (non-hydrogen) atoms. The van der Waals surface area contributed by atoms with Crippen molar-refractivity contribution in [2.75, 3.05) is 0 Å². The second-order valence-corrected chi connectivity index (χ2v) is 4.20. The number of carboxylic acids is 1. The standard InChI is InChI=1S/C9H6N4O4S/c14-8(15)6-3-5(1-2-7(6)13(16)17)18-9-10-4-11-12-9/h1-4H,(H,14,15)(H,10,11,12). The van der Waals surface area contributed by atoms with Crippen LogP contribution in [0.1, 0.15) is 10.4 Å². The molecule has 2 aromatic rings. The van der Waals surface area contributed by atoms with Crippen molar-refractivity contribution < 1.29 is 14.8 Å². The molecule has 0 spiro atoms. The quantitative estimate of drug-likeness (QED) is 0.635. The second-order valence-electron chi connectivity index (χ2n) is 3.13. The summed E-state index contributed by atoms with van der Waals surface area (Å²) in [5.41, 5.74) is -0.797. The van der Waals surface area contributed by atoms with Gasteiger partial charge in [0.25, 0.3) is 5.69 Å². The molecule has 2 rings (SSSR count). The number of nitro benzene ring substituents is 1. The molecule has 92 valence electrons. The molecule has 0 radical (unpaired) electrons. The van der Waals surface area contributed by atoms with Gasteiger partial charge in [0, 0.05) is 11.0 Å². The van der Waals surface area contributed by atoms with Crippen molar-refractivity contribution in [2.24, 2.45) is 0 Å². The van der Waals surface area contributed by atoms with Crippen LogP contribution in [0.2, 0.25) is 0 Å². The normalized spacial score (nSPS) is 10.2. The fourth-order valence-electron chi connectivity index (χ4n) is 1.26. The first-order chi connectivity index (χ1) is 8.58. The van der Waals surface area contributed by atoms with Crippen molar-refractivity contribution >= 4 is 23.4 Å². The van der Waals surface area contributed by atoms with Gasteiger partial charge in [-0.3, -0.25) is 15.2 Å². The van der Waals surface area contributed by atoms with Crippen LogP contribution in [-0.2, 0) is 0 Å². The highest BCUT2D eigenvalue weighted by molar-refractivity contribution is 7.99. The molecule has 0 fully saturated rings. The predicted molar refractivity (Wildman–Crippen MR) is 60.6 cm³/mol. The molecule has 0 atom stereocenters. The Balaban J connectivity index is 2.37. The highest BCUT2D eigenvalue weighted by Crippen LogP contribution is 2.29. The topological polar surface area (TPSA) is 122 Å². The minimum Gasteiger partial charge on any atom is -0.477 e. The number of aromatic amines is 1. The SMILES string of the molecule is O=C(O)c1cc(Sc2ncn[nH]2)ccc1[N+](=O)[O-]. The predicted octanol–water partition coefficient (Wildman–Crippen LogP) is 1.56. The van der Waals surface area contributed by atoms with Crippen LogP contribution in [0.3, 0.4) is 0 Å². The molecule has 9 heteroatoms. The number of nitrogens with zero attached hydrogens (tertiary/aromatic N) is 3. The minimum absolute atomic E-state index is 0.357. The lowest BCUT2D eigenvalue weighted by molar-refractivity contribution is -0.385. The molecule has 2 N–H and O–H groups in total. The van der Waals surface area contributed by atoms with E-state index >= 15 is 0 Å². The molecule has 1 aromatic heterocycles. The van der Waals surface area contributed by atoms with Gasteiger partial charge in [0.15, 0.2) is 5.16 Å². The number of hydrogen-bond acceptors (Lipinski definition) is 6. The van der Waals surface area contributed by atoms with E-state index in [0.717, 1.165) is 17.8 Å². The molecule has 8 nitrogen and oxygen atoms in total. The lowest BCUT2D eigenvalue weighted by atomic mass is 10.2. The Morgan fingerprint density at radius 2 is 2.28 bits per heavy atom. The van der Waals surface area contributed by atoms with Gasteiger partial charge in [0.2, 0.25) is 0 Å². The molecule has 0 bridgehead atoms. The van der Waals surface area contributed by atoms with Crippen LogP contribution in [0, 0.1) is 10.1 Å². The van der Waals surface area contributed by atoms with Crippen LogP contribution in [0.5, 0.6) is 0 Å². The summed E-state index contributed by atoms with van der Waals surface area (Å²) in [6.07, 6.45) is 1.31. The van der Waals surface area contributed by atoms with Crippen LogP contribution in [0.25, 0.3) is 0 Å². The lowest BCUT2D eigenvalue weighted by Gasteiger charge is -2.01. The first kappa shape index (κ1) is 12.0. The number of aromatic nitrogens is 3. The molecular formula is C9H6N4O4S. The van der Waals surface area contributed by atoms with Gasteiger partial charge in [-0.05, 0) is 12.1 Å². The molecule has 0 aliphatic carbocycles. The maximum atomic E-state index is 10.9. The summed E-state index contributed by atoms with van der Waals surface area (Å²) in [6, 6.07) is 3.84. The van der Waals surface area contributed by atoms with E-state index in [4.69, 9.17) is 5.11 Å². The van der Waals surface area contributed by atoms with E-state index in [-0.39, 0.29) is 5.56 Å². The van der Waals surface area contributed by atoms with E-state index in [1.54, 1.807) is 0 Å². The van der Waals surface area contributed by atoms with Crippen LogP contribution in [0.4, 0.5) is 5.69 Å². The molecule has 0 unspecified atom stereocenters. The summed E-state index contributed by atoms with van der Waals surface area (Å²) >= 11 is 1.13. The van der Waals surface area contributed by atoms with Gasteiger partial charge >= 0.3 is 5.97 Å². The maximum absolute atomic E-state index is 10.9. The largest absolute Gasteiger partial charge is 0.477 e. The Morgan fingerprint density at radius 3 is 2.83 bits per heavy atom. The second kappa shape index (κ2) is 4.84. The molecule has 0 amide bonds. The third-order valence-corrected chi connectivity index (χ3v) is 2.88. The minimum atomic E-state index is -1.35. The number of aromatic carboxylic acids is 1. The molecule has 0 aliphatic heterocycles. The third kappa shape index (κ3) is 2.46. The number of H-pyrrole nitrogens is 1. The van der Waals surface area contributed by atoms with E-state index in [9.17, 15) is 14.9 Å². The average Bonchev–Trinajstić information content (AvgIpc) is 2.81. The van der Waals surface area contributed by atoms with E-state index in [2.05, 4.69) is 15.2 Å². The lowest BCUT2D eigenvalue weighted by Crippen LogP contribution is -2.02. The van der Waals surface area contributed by atoms with Gasteiger partial charge in [-0.1, -0.05) is 11.8 Å². The monoisotopic (exact) mass is 266 g/mol. The molecular weight excluding hydrogens is 260 g/mol. The third-order valence-electron chi connectivity index (χ3n) is 2.00. The highest BCUT2D eigenvalue weighted by Gasteiger charge is 2.20. The molecule has 0 aliphatic rings. The number of hydrogen-bond donors (Lipinski definition) is 2. The molecule has 0 saturated heterocycles. The van der Waals surface area contributed by atoms with E-state index in [1.807, 2.05) is 0 Å². The van der Waals surface area contributed by atoms with Crippen LogP contribution in [-0.4, -0.2) is 31.2 Å². The zero-order valence-electron chi connectivity index (χ0n) is 8.73. The van der Waals surface area contributed by atoms with Crippen LogP contribution < -0.4 is 0 Å². The number of rotatable bonds is 4. The van der Waals surface area contributed by atoms with Crippen molar-refractivity contribution in [3.8, 4) is 0 Å². The number of benzene rings is 1. The fourth-order valence-corrected chi connectivity index (χ4v) is 2.00. The Morgan fingerprint density at radius 1 is 1.50 bits per heavy atom. The Kier molecular flexibility index (Phi) is 3.24. The van der Waals surface area contributed by atoms with Crippen molar-refractivity contribution in [1.82, 2.24) is 15.2 Å². The summed E-state index contributed by atoms with van der Waals surface area (Å²) in [5.74, 6) is -1.35. The van der Waals surface area contributed by atoms with Gasteiger partial charge in [-0.15, -0.1) is 0 Å².